The Morgan fingerprint density at radius 2 is 1.62 bits per heavy atom. The smallest absolute Gasteiger partial charge is 0.460 e. The predicted octanol–water partition coefficient (Wildman–Crippen LogP) is 2.25. The van der Waals surface area contributed by atoms with E-state index in [4.69, 9.17) is 4.74 Å². The molecule has 0 aliphatic rings. The van der Waals surface area contributed by atoms with Gasteiger partial charge in [0.1, 0.15) is 19.3 Å². The minimum atomic E-state index is -6.00. The molecule has 0 heterocycles. The van der Waals surface area contributed by atoms with Gasteiger partial charge in [0, 0.05) is 6.08 Å². The van der Waals surface area contributed by atoms with Crippen molar-refractivity contribution < 1.29 is 36.4 Å². The molecule has 1 N–H and O–H groups in total. The Kier molecular flexibility index (Phi) is 11.2. The maximum absolute atomic E-state index is 10.8. The van der Waals surface area contributed by atoms with E-state index in [-0.39, 0.29) is 6.61 Å². The molecule has 0 aromatic carbocycles. The van der Waals surface area contributed by atoms with Crippen LogP contribution in [0.5, 0.6) is 0 Å². The van der Waals surface area contributed by atoms with Crippen LogP contribution in [-0.4, -0.2) is 61.7 Å². The Hall–Kier alpha value is -1.09. The van der Waals surface area contributed by atoms with E-state index in [9.17, 15) is 27.2 Å². The lowest BCUT2D eigenvalue weighted by atomic mass is 10.2. The maximum Gasteiger partial charge on any atom is 0.673 e. The number of quaternary nitrogens is 1. The van der Waals surface area contributed by atoms with Crippen LogP contribution in [0.1, 0.15) is 20.8 Å². The molecule has 0 rings (SSSR count). The molecule has 0 spiro atoms. The zero-order valence-corrected chi connectivity index (χ0v) is 12.7. The normalized spacial score (nSPS) is 13.0. The van der Waals surface area contributed by atoms with Crippen LogP contribution in [0.25, 0.3) is 0 Å². The Labute approximate surface area is 123 Å². The van der Waals surface area contributed by atoms with Crippen LogP contribution in [0.3, 0.4) is 0 Å². The van der Waals surface area contributed by atoms with Gasteiger partial charge < -0.3 is 31.6 Å². The molecular weight excluding hydrogens is 293 g/mol. The monoisotopic (exact) mass is 317 g/mol. The highest BCUT2D eigenvalue weighted by Gasteiger charge is 2.25. The number of carbonyl (C=O) groups is 1. The van der Waals surface area contributed by atoms with E-state index in [1.807, 2.05) is 0 Å². The van der Waals surface area contributed by atoms with E-state index >= 15 is 0 Å². The maximum atomic E-state index is 10.8. The number of likely N-dealkylation sites (N-methyl/N-ethyl adjacent to an activating group) is 1. The van der Waals surface area contributed by atoms with Crippen LogP contribution < -0.4 is 0 Å². The van der Waals surface area contributed by atoms with Crippen molar-refractivity contribution in [3.63, 3.8) is 0 Å². The number of halogens is 4. The summed E-state index contributed by atoms with van der Waals surface area (Å²) in [6.07, 6.45) is 0.498. The minimum Gasteiger partial charge on any atom is -0.460 e. The molecule has 0 fully saturated rings. The summed E-state index contributed by atoms with van der Waals surface area (Å²) in [7, 11) is -6.00. The summed E-state index contributed by atoms with van der Waals surface area (Å²) >= 11 is 0. The molecule has 0 saturated heterocycles. The quantitative estimate of drug-likeness (QED) is 0.246. The molecule has 0 aliphatic heterocycles. The lowest BCUT2D eigenvalue weighted by Gasteiger charge is -2.37. The summed E-state index contributed by atoms with van der Waals surface area (Å²) in [5, 5.41) is 9.80. The third-order valence-corrected chi connectivity index (χ3v) is 3.20. The van der Waals surface area contributed by atoms with Crippen LogP contribution in [0, 0.1) is 0 Å². The number of ether oxygens (including phenoxy) is 1. The molecule has 0 amide bonds. The Balaban J connectivity index is 0. The Morgan fingerprint density at radius 1 is 1.24 bits per heavy atom. The van der Waals surface area contributed by atoms with Crippen molar-refractivity contribution in [2.45, 2.75) is 26.9 Å². The molecule has 21 heavy (non-hydrogen) atoms. The van der Waals surface area contributed by atoms with E-state index in [1.54, 1.807) is 0 Å². The summed E-state index contributed by atoms with van der Waals surface area (Å²) in [6, 6.07) is 0. The number of aliphatic hydroxyl groups is 1. The highest BCUT2D eigenvalue weighted by molar-refractivity contribution is 6.50. The van der Waals surface area contributed by atoms with Gasteiger partial charge in [-0.05, 0) is 20.8 Å². The van der Waals surface area contributed by atoms with Crippen molar-refractivity contribution >= 4 is 13.2 Å². The zero-order chi connectivity index (χ0) is 17.1. The van der Waals surface area contributed by atoms with Crippen LogP contribution >= 0.6 is 0 Å². The molecule has 0 radical (unpaired) electrons. The van der Waals surface area contributed by atoms with Crippen molar-refractivity contribution in [1.82, 2.24) is 0 Å². The van der Waals surface area contributed by atoms with Crippen molar-refractivity contribution in [2.75, 3.05) is 32.8 Å². The molecule has 1 unspecified atom stereocenters. The van der Waals surface area contributed by atoms with Gasteiger partial charge in [-0.2, -0.15) is 0 Å². The van der Waals surface area contributed by atoms with E-state index < -0.39 is 19.3 Å². The van der Waals surface area contributed by atoms with Crippen molar-refractivity contribution in [3.05, 3.63) is 12.7 Å². The summed E-state index contributed by atoms with van der Waals surface area (Å²) in [5.74, 6) is -0.485. The Bertz CT molecular complexity index is 295. The predicted molar refractivity (Wildman–Crippen MR) is 74.1 cm³/mol. The fourth-order valence-corrected chi connectivity index (χ4v) is 1.80. The first kappa shape index (κ1) is 22.2. The van der Waals surface area contributed by atoms with Crippen molar-refractivity contribution in [2.24, 2.45) is 0 Å². The van der Waals surface area contributed by atoms with Crippen LogP contribution in [0.2, 0.25) is 0 Å². The fraction of sp³-hybridized carbons (Fsp3) is 0.750. The number of esters is 1. The van der Waals surface area contributed by atoms with Gasteiger partial charge in [0.25, 0.3) is 0 Å². The second-order valence-corrected chi connectivity index (χ2v) is 4.46. The molecule has 9 heteroatoms. The average Bonchev–Trinajstić information content (AvgIpc) is 2.40. The molecule has 0 aromatic heterocycles. The van der Waals surface area contributed by atoms with Crippen LogP contribution in [-0.2, 0) is 9.53 Å². The third kappa shape index (κ3) is 13.6. The first-order valence-electron chi connectivity index (χ1n) is 6.73. The minimum absolute atomic E-state index is 0.0465. The van der Waals surface area contributed by atoms with Gasteiger partial charge in [0.05, 0.1) is 19.6 Å². The third-order valence-electron chi connectivity index (χ3n) is 3.20. The first-order valence-corrected chi connectivity index (χ1v) is 6.73. The highest BCUT2D eigenvalue weighted by Crippen LogP contribution is 2.08. The zero-order valence-electron chi connectivity index (χ0n) is 12.7. The molecule has 0 aliphatic carbocycles. The van der Waals surface area contributed by atoms with Crippen LogP contribution in [0.4, 0.5) is 17.3 Å². The number of rotatable bonds is 8. The second-order valence-electron chi connectivity index (χ2n) is 4.46. The fourth-order valence-electron chi connectivity index (χ4n) is 1.80. The standard InChI is InChI=1S/C12H24NO3.BF4/c1-5-12(15)16-10-11(14)9-13(6-2,7-3)8-4;2-1(3,4)5/h5,11,14H,1,6-10H2,2-4H3;/q+1;-1. The SMILES string of the molecule is C=CC(=O)OCC(O)C[N+](CC)(CC)CC.F[B-](F)(F)F. The number of aliphatic hydroxyl groups excluding tert-OH is 1. The van der Waals surface area contributed by atoms with Gasteiger partial charge in [0.15, 0.2) is 0 Å². The van der Waals surface area contributed by atoms with Gasteiger partial charge in [-0.1, -0.05) is 6.58 Å². The molecule has 4 nitrogen and oxygen atoms in total. The van der Waals surface area contributed by atoms with E-state index in [2.05, 4.69) is 27.4 Å². The second kappa shape index (κ2) is 10.6. The molecular formula is C12H24BF4NO3. The number of hydrogen-bond donors (Lipinski definition) is 1. The van der Waals surface area contributed by atoms with E-state index in [0.29, 0.717) is 6.54 Å². The van der Waals surface area contributed by atoms with Gasteiger partial charge in [-0.25, -0.2) is 4.79 Å². The van der Waals surface area contributed by atoms with Gasteiger partial charge >= 0.3 is 13.2 Å². The van der Waals surface area contributed by atoms with Crippen molar-refractivity contribution in [1.29, 1.82) is 0 Å². The lowest BCUT2D eigenvalue weighted by molar-refractivity contribution is -0.926. The molecule has 1 atom stereocenters. The topological polar surface area (TPSA) is 46.5 Å². The summed E-state index contributed by atoms with van der Waals surface area (Å²) < 4.78 is 44.7. The number of carbonyl (C=O) groups excluding carboxylic acids is 1. The van der Waals surface area contributed by atoms with Crippen molar-refractivity contribution in [3.8, 4) is 0 Å². The summed E-state index contributed by atoms with van der Waals surface area (Å²) in [4.78, 5) is 10.8. The van der Waals surface area contributed by atoms with Gasteiger partial charge in [0.2, 0.25) is 0 Å². The lowest BCUT2D eigenvalue weighted by Crippen LogP contribution is -2.52. The average molecular weight is 317 g/mol. The summed E-state index contributed by atoms with van der Waals surface area (Å²) in [6.45, 7) is 13.2. The Morgan fingerprint density at radius 3 is 1.90 bits per heavy atom. The van der Waals surface area contributed by atoms with Crippen LogP contribution in [0.15, 0.2) is 12.7 Å². The number of hydrogen-bond acceptors (Lipinski definition) is 3. The highest BCUT2D eigenvalue weighted by atomic mass is 19.5. The molecule has 0 saturated carbocycles. The molecule has 126 valence electrons. The van der Waals surface area contributed by atoms with E-state index in [0.717, 1.165) is 30.2 Å². The first-order chi connectivity index (χ1) is 9.53. The summed E-state index contributed by atoms with van der Waals surface area (Å²) in [5.41, 5.74) is 0. The van der Waals surface area contributed by atoms with Gasteiger partial charge in [-0.3, -0.25) is 0 Å². The largest absolute Gasteiger partial charge is 0.673 e. The number of nitrogens with zero attached hydrogens (tertiary/aromatic N) is 1. The molecule has 0 bridgehead atoms. The van der Waals surface area contributed by atoms with E-state index in [1.165, 1.54) is 0 Å². The molecule has 0 aromatic rings. The van der Waals surface area contributed by atoms with Gasteiger partial charge in [-0.15, -0.1) is 0 Å².